The Bertz CT molecular complexity index is 616. The van der Waals surface area contributed by atoms with Crippen molar-refractivity contribution in [2.75, 3.05) is 18.1 Å². The average Bonchev–Trinajstić information content (AvgIpc) is 2.41. The monoisotopic (exact) mass is 239 g/mol. The van der Waals surface area contributed by atoms with Crippen molar-refractivity contribution in [3.05, 3.63) is 53.7 Å². The predicted octanol–water partition coefficient (Wildman–Crippen LogP) is 3.10. The minimum absolute atomic E-state index is 0.178. The molecule has 0 fully saturated rings. The van der Waals surface area contributed by atoms with Gasteiger partial charge in [-0.25, -0.2) is 0 Å². The lowest BCUT2D eigenvalue weighted by atomic mass is 9.96. The third kappa shape index (κ3) is 1.70. The molecule has 0 radical (unpaired) electrons. The van der Waals surface area contributed by atoms with E-state index in [1.165, 1.54) is 27.7 Å². The van der Waals surface area contributed by atoms with E-state index in [0.717, 1.165) is 6.42 Å². The highest BCUT2D eigenvalue weighted by molar-refractivity contribution is 5.91. The summed E-state index contributed by atoms with van der Waals surface area (Å²) in [5.41, 5.74) is 3.83. The number of hydrogen-bond acceptors (Lipinski definition) is 2. The van der Waals surface area contributed by atoms with Gasteiger partial charge in [0.2, 0.25) is 0 Å². The van der Waals surface area contributed by atoms with Crippen molar-refractivity contribution < 1.29 is 5.11 Å². The maximum absolute atomic E-state index is 9.21. The fourth-order valence-corrected chi connectivity index (χ4v) is 2.74. The zero-order chi connectivity index (χ0) is 12.5. The van der Waals surface area contributed by atoms with Crippen LogP contribution in [0.4, 0.5) is 5.69 Å². The van der Waals surface area contributed by atoms with E-state index in [0.29, 0.717) is 6.54 Å². The first-order valence-electron chi connectivity index (χ1n) is 6.37. The van der Waals surface area contributed by atoms with E-state index in [4.69, 9.17) is 0 Å². The molecule has 0 amide bonds. The molecule has 0 bridgehead atoms. The van der Waals surface area contributed by atoms with Crippen LogP contribution in [0.1, 0.15) is 12.5 Å². The number of nitrogens with zero attached hydrogens (tertiary/aromatic N) is 1. The summed E-state index contributed by atoms with van der Waals surface area (Å²) in [5.74, 6) is 0. The zero-order valence-corrected chi connectivity index (χ0v) is 10.6. The van der Waals surface area contributed by atoms with Crippen LogP contribution in [0.3, 0.4) is 0 Å². The molecule has 0 aliphatic carbocycles. The molecular weight excluding hydrogens is 222 g/mol. The van der Waals surface area contributed by atoms with Crippen molar-refractivity contribution in [1.29, 1.82) is 0 Å². The molecule has 0 atom stereocenters. The summed E-state index contributed by atoms with van der Waals surface area (Å²) >= 11 is 0. The second kappa shape index (κ2) is 4.46. The molecule has 18 heavy (non-hydrogen) atoms. The number of rotatable bonds is 2. The third-order valence-corrected chi connectivity index (χ3v) is 3.66. The van der Waals surface area contributed by atoms with Gasteiger partial charge < -0.3 is 10.0 Å². The van der Waals surface area contributed by atoms with Crippen molar-refractivity contribution in [3.8, 4) is 0 Å². The first-order valence-corrected chi connectivity index (χ1v) is 6.37. The molecule has 92 valence electrons. The molecule has 2 heteroatoms. The molecule has 0 unspecified atom stereocenters. The number of aliphatic hydroxyl groups is 1. The van der Waals surface area contributed by atoms with Gasteiger partial charge in [0.15, 0.2) is 0 Å². The van der Waals surface area contributed by atoms with Crippen molar-refractivity contribution >= 4 is 16.5 Å². The summed E-state index contributed by atoms with van der Waals surface area (Å²) in [4.78, 5) is 2.20. The van der Waals surface area contributed by atoms with Crippen LogP contribution in [0.15, 0.2) is 48.2 Å². The summed E-state index contributed by atoms with van der Waals surface area (Å²) in [6, 6.07) is 12.8. The van der Waals surface area contributed by atoms with E-state index < -0.39 is 0 Å². The Hall–Kier alpha value is -1.80. The Morgan fingerprint density at radius 3 is 2.83 bits per heavy atom. The Morgan fingerprint density at radius 2 is 2.00 bits per heavy atom. The number of allylic oxidation sites excluding steroid dienone is 2. The van der Waals surface area contributed by atoms with E-state index >= 15 is 0 Å². The maximum Gasteiger partial charge on any atom is 0.0610 e. The number of hydrogen-bond donors (Lipinski definition) is 1. The second-order valence-electron chi connectivity index (χ2n) is 4.71. The summed E-state index contributed by atoms with van der Waals surface area (Å²) in [6.07, 6.45) is 3.22. The average molecular weight is 239 g/mol. The van der Waals surface area contributed by atoms with Gasteiger partial charge in [-0.2, -0.15) is 0 Å². The molecule has 1 aliphatic rings. The SMILES string of the molecule is CC1=CCc2c(ccc3ccccc23)N1CCO. The van der Waals surface area contributed by atoms with Gasteiger partial charge >= 0.3 is 0 Å². The minimum Gasteiger partial charge on any atom is -0.395 e. The number of β-amino-alcohol motifs (C(OH)–C–C–N with tert-alkyl or cyclic N) is 1. The van der Waals surface area contributed by atoms with Crippen LogP contribution in [-0.4, -0.2) is 18.3 Å². The normalized spacial score (nSPS) is 14.6. The van der Waals surface area contributed by atoms with Crippen molar-refractivity contribution in [1.82, 2.24) is 0 Å². The lowest BCUT2D eigenvalue weighted by Crippen LogP contribution is -2.28. The van der Waals surface area contributed by atoms with Gasteiger partial charge in [-0.3, -0.25) is 0 Å². The van der Waals surface area contributed by atoms with Crippen LogP contribution >= 0.6 is 0 Å². The largest absolute Gasteiger partial charge is 0.395 e. The van der Waals surface area contributed by atoms with Crippen LogP contribution in [-0.2, 0) is 6.42 Å². The highest BCUT2D eigenvalue weighted by Crippen LogP contribution is 2.34. The van der Waals surface area contributed by atoms with E-state index in [2.05, 4.69) is 54.3 Å². The Morgan fingerprint density at radius 1 is 1.17 bits per heavy atom. The molecule has 3 rings (SSSR count). The van der Waals surface area contributed by atoms with Gasteiger partial charge in [-0.15, -0.1) is 0 Å². The van der Waals surface area contributed by atoms with Gasteiger partial charge in [-0.05, 0) is 35.7 Å². The molecule has 0 aromatic heterocycles. The standard InChI is InChI=1S/C16H17NO/c1-12-6-8-15-14-5-3-2-4-13(14)7-9-16(15)17(12)10-11-18/h2-7,9,18H,8,10-11H2,1H3. The third-order valence-electron chi connectivity index (χ3n) is 3.66. The lowest BCUT2D eigenvalue weighted by Gasteiger charge is -2.31. The quantitative estimate of drug-likeness (QED) is 0.870. The van der Waals surface area contributed by atoms with Gasteiger partial charge in [0.05, 0.1) is 6.61 Å². The highest BCUT2D eigenvalue weighted by atomic mass is 16.3. The first-order chi connectivity index (χ1) is 8.81. The first kappa shape index (κ1) is 11.3. The Kier molecular flexibility index (Phi) is 2.80. The fourth-order valence-electron chi connectivity index (χ4n) is 2.74. The van der Waals surface area contributed by atoms with Gasteiger partial charge in [0.25, 0.3) is 0 Å². The molecule has 1 heterocycles. The molecule has 0 saturated heterocycles. The molecule has 1 N–H and O–H groups in total. The summed E-state index contributed by atoms with van der Waals surface area (Å²) in [5, 5.41) is 11.8. The van der Waals surface area contributed by atoms with Crippen molar-refractivity contribution in [3.63, 3.8) is 0 Å². The molecule has 0 saturated carbocycles. The molecule has 2 nitrogen and oxygen atoms in total. The van der Waals surface area contributed by atoms with Crippen molar-refractivity contribution in [2.45, 2.75) is 13.3 Å². The van der Waals surface area contributed by atoms with Crippen LogP contribution in [0, 0.1) is 0 Å². The van der Waals surface area contributed by atoms with Gasteiger partial charge in [-0.1, -0.05) is 36.4 Å². The predicted molar refractivity (Wildman–Crippen MR) is 75.8 cm³/mol. The Balaban J connectivity index is 2.20. The van der Waals surface area contributed by atoms with Gasteiger partial charge in [0.1, 0.15) is 0 Å². The maximum atomic E-state index is 9.21. The smallest absolute Gasteiger partial charge is 0.0610 e. The van der Waals surface area contributed by atoms with E-state index in [1.807, 2.05) is 0 Å². The van der Waals surface area contributed by atoms with Gasteiger partial charge in [0, 0.05) is 17.9 Å². The van der Waals surface area contributed by atoms with E-state index in [1.54, 1.807) is 0 Å². The van der Waals surface area contributed by atoms with E-state index in [-0.39, 0.29) is 6.61 Å². The molecular formula is C16H17NO. The van der Waals surface area contributed by atoms with Crippen molar-refractivity contribution in [2.24, 2.45) is 0 Å². The highest BCUT2D eigenvalue weighted by Gasteiger charge is 2.18. The van der Waals surface area contributed by atoms with E-state index in [9.17, 15) is 5.11 Å². The molecule has 2 aromatic carbocycles. The summed E-state index contributed by atoms with van der Waals surface area (Å²) in [6.45, 7) is 2.94. The summed E-state index contributed by atoms with van der Waals surface area (Å²) < 4.78 is 0. The van der Waals surface area contributed by atoms with Crippen LogP contribution < -0.4 is 4.90 Å². The van der Waals surface area contributed by atoms with Crippen LogP contribution in [0.2, 0.25) is 0 Å². The van der Waals surface area contributed by atoms with Crippen LogP contribution in [0.5, 0.6) is 0 Å². The number of fused-ring (bicyclic) bond motifs is 3. The molecule has 1 aliphatic heterocycles. The number of anilines is 1. The second-order valence-corrected chi connectivity index (χ2v) is 4.71. The topological polar surface area (TPSA) is 23.5 Å². The fraction of sp³-hybridized carbons (Fsp3) is 0.250. The minimum atomic E-state index is 0.178. The molecule has 2 aromatic rings. The number of aliphatic hydroxyl groups excluding tert-OH is 1. The van der Waals surface area contributed by atoms with Crippen LogP contribution in [0.25, 0.3) is 10.8 Å². The lowest BCUT2D eigenvalue weighted by molar-refractivity contribution is 0.304. The zero-order valence-electron chi connectivity index (χ0n) is 10.6. The Labute approximate surface area is 107 Å². The molecule has 0 spiro atoms. The number of benzene rings is 2. The summed E-state index contributed by atoms with van der Waals surface area (Å²) in [7, 11) is 0.